The van der Waals surface area contributed by atoms with E-state index in [4.69, 9.17) is 11.6 Å². The van der Waals surface area contributed by atoms with Gasteiger partial charge in [-0.15, -0.1) is 0 Å². The maximum Gasteiger partial charge on any atom is 0.257 e. The highest BCUT2D eigenvalue weighted by Gasteiger charge is 2.11. The zero-order chi connectivity index (χ0) is 13.1. The molecule has 0 bridgehead atoms. The van der Waals surface area contributed by atoms with Crippen molar-refractivity contribution in [2.45, 2.75) is 6.92 Å². The van der Waals surface area contributed by atoms with Crippen LogP contribution in [0.15, 0.2) is 30.7 Å². The van der Waals surface area contributed by atoms with Crippen LogP contribution >= 0.6 is 11.6 Å². The number of nitrogens with one attached hydrogen (secondary N) is 1. The first kappa shape index (κ1) is 12.4. The number of anilines is 1. The first-order chi connectivity index (χ1) is 8.58. The van der Waals surface area contributed by atoms with Gasteiger partial charge in [0, 0.05) is 12.4 Å². The highest BCUT2D eigenvalue weighted by Crippen LogP contribution is 2.23. The second kappa shape index (κ2) is 5.10. The lowest BCUT2D eigenvalue weighted by Gasteiger charge is -2.08. The summed E-state index contributed by atoms with van der Waals surface area (Å²) >= 11 is 5.99. The number of aromatic nitrogens is 2. The van der Waals surface area contributed by atoms with Gasteiger partial charge < -0.3 is 5.32 Å². The monoisotopic (exact) mass is 265 g/mol. The summed E-state index contributed by atoms with van der Waals surface area (Å²) in [4.78, 5) is 19.4. The lowest BCUT2D eigenvalue weighted by molar-refractivity contribution is 0.102. The summed E-state index contributed by atoms with van der Waals surface area (Å²) in [5.74, 6) is -1.05. The quantitative estimate of drug-likeness (QED) is 0.908. The molecule has 0 radical (unpaired) electrons. The smallest absolute Gasteiger partial charge is 0.257 e. The van der Waals surface area contributed by atoms with Crippen molar-refractivity contribution in [2.75, 3.05) is 5.32 Å². The largest absolute Gasteiger partial charge is 0.320 e. The predicted octanol–water partition coefficient (Wildman–Crippen LogP) is 2.83. The van der Waals surface area contributed by atoms with Crippen molar-refractivity contribution in [3.8, 4) is 0 Å². The summed E-state index contributed by atoms with van der Waals surface area (Å²) in [6, 6.07) is 2.67. The van der Waals surface area contributed by atoms with Gasteiger partial charge in [0.25, 0.3) is 5.91 Å². The van der Waals surface area contributed by atoms with Crippen molar-refractivity contribution in [2.24, 2.45) is 0 Å². The van der Waals surface area contributed by atoms with Gasteiger partial charge in [0.15, 0.2) is 0 Å². The van der Waals surface area contributed by atoms with Crippen LogP contribution < -0.4 is 5.32 Å². The number of hydrogen-bond acceptors (Lipinski definition) is 3. The Bertz CT molecular complexity index is 604. The van der Waals surface area contributed by atoms with E-state index in [9.17, 15) is 9.18 Å². The molecule has 0 aliphatic carbocycles. The minimum Gasteiger partial charge on any atom is -0.320 e. The van der Waals surface area contributed by atoms with Gasteiger partial charge in [-0.2, -0.15) is 0 Å². The molecular weight excluding hydrogens is 257 g/mol. The molecule has 2 aromatic rings. The van der Waals surface area contributed by atoms with Gasteiger partial charge in [0.1, 0.15) is 5.82 Å². The normalized spacial score (nSPS) is 10.2. The molecule has 0 saturated heterocycles. The number of pyridine rings is 2. The molecule has 1 amide bonds. The molecule has 2 heterocycles. The number of amides is 1. The summed E-state index contributed by atoms with van der Waals surface area (Å²) in [7, 11) is 0. The maximum absolute atomic E-state index is 12.9. The molecule has 6 heteroatoms. The van der Waals surface area contributed by atoms with Gasteiger partial charge in [-0.05, 0) is 19.1 Å². The molecule has 4 nitrogen and oxygen atoms in total. The van der Waals surface area contributed by atoms with Crippen LogP contribution in [-0.2, 0) is 0 Å². The molecule has 2 aromatic heterocycles. The zero-order valence-corrected chi connectivity index (χ0v) is 10.2. The van der Waals surface area contributed by atoms with E-state index in [0.29, 0.717) is 16.4 Å². The summed E-state index contributed by atoms with van der Waals surface area (Å²) in [5, 5.41) is 2.93. The topological polar surface area (TPSA) is 54.9 Å². The Morgan fingerprint density at radius 3 is 2.94 bits per heavy atom. The standard InChI is InChI=1S/C12H9ClFN3O/c1-7-11(13)10(2-3-16-7)17-12(18)8-4-9(14)6-15-5-8/h2-6H,1H3,(H,16,17,18). The molecule has 0 aliphatic rings. The Balaban J connectivity index is 2.24. The third kappa shape index (κ3) is 2.62. The van der Waals surface area contributed by atoms with Crippen molar-refractivity contribution in [1.29, 1.82) is 0 Å². The molecule has 92 valence electrons. The number of aryl methyl sites for hydroxylation is 1. The molecule has 0 unspecified atom stereocenters. The van der Waals surface area contributed by atoms with Crippen LogP contribution in [0.3, 0.4) is 0 Å². The SMILES string of the molecule is Cc1nccc(NC(=O)c2cncc(F)c2)c1Cl. The highest BCUT2D eigenvalue weighted by atomic mass is 35.5. The fourth-order valence-electron chi connectivity index (χ4n) is 1.38. The summed E-state index contributed by atoms with van der Waals surface area (Å²) < 4.78 is 12.9. The van der Waals surface area contributed by atoms with Gasteiger partial charge in [-0.3, -0.25) is 14.8 Å². The maximum atomic E-state index is 12.9. The van der Waals surface area contributed by atoms with Gasteiger partial charge in [-0.1, -0.05) is 11.6 Å². The van der Waals surface area contributed by atoms with E-state index in [2.05, 4.69) is 15.3 Å². The van der Waals surface area contributed by atoms with Gasteiger partial charge in [-0.25, -0.2) is 4.39 Å². The molecule has 0 atom stereocenters. The Labute approximate surface area is 108 Å². The van der Waals surface area contributed by atoms with E-state index >= 15 is 0 Å². The van der Waals surface area contributed by atoms with Crippen LogP contribution in [0.25, 0.3) is 0 Å². The molecule has 2 rings (SSSR count). The van der Waals surface area contributed by atoms with Crippen LogP contribution in [0.4, 0.5) is 10.1 Å². The number of halogens is 2. The van der Waals surface area contributed by atoms with Crippen molar-refractivity contribution in [3.05, 3.63) is 52.8 Å². The molecule has 0 aromatic carbocycles. The lowest BCUT2D eigenvalue weighted by atomic mass is 10.2. The Hall–Kier alpha value is -2.01. The van der Waals surface area contributed by atoms with Crippen molar-refractivity contribution < 1.29 is 9.18 Å². The number of nitrogens with zero attached hydrogens (tertiary/aromatic N) is 2. The van der Waals surface area contributed by atoms with E-state index in [-0.39, 0.29) is 5.56 Å². The van der Waals surface area contributed by atoms with Gasteiger partial charge in [0.2, 0.25) is 0 Å². The average molecular weight is 266 g/mol. The third-order valence-electron chi connectivity index (χ3n) is 2.28. The molecule has 0 aliphatic heterocycles. The number of rotatable bonds is 2. The second-order valence-electron chi connectivity index (χ2n) is 3.60. The number of carbonyl (C=O) groups excluding carboxylic acids is 1. The van der Waals surface area contributed by atoms with Gasteiger partial charge in [0.05, 0.1) is 28.2 Å². The molecule has 18 heavy (non-hydrogen) atoms. The predicted molar refractivity (Wildman–Crippen MR) is 66.1 cm³/mol. The van der Waals surface area contributed by atoms with Crippen LogP contribution in [0.5, 0.6) is 0 Å². The Morgan fingerprint density at radius 2 is 2.22 bits per heavy atom. The summed E-state index contributed by atoms with van der Waals surface area (Å²) in [5.41, 5.74) is 1.16. The van der Waals surface area contributed by atoms with E-state index < -0.39 is 11.7 Å². The zero-order valence-electron chi connectivity index (χ0n) is 9.45. The van der Waals surface area contributed by atoms with Crippen molar-refractivity contribution >= 4 is 23.2 Å². The van der Waals surface area contributed by atoms with E-state index in [1.165, 1.54) is 12.4 Å². The minimum absolute atomic E-state index is 0.125. The van der Waals surface area contributed by atoms with Crippen LogP contribution in [-0.4, -0.2) is 15.9 Å². The summed E-state index contributed by atoms with van der Waals surface area (Å²) in [6.45, 7) is 1.72. The Morgan fingerprint density at radius 1 is 1.44 bits per heavy atom. The molecule has 0 fully saturated rings. The third-order valence-corrected chi connectivity index (χ3v) is 2.76. The van der Waals surface area contributed by atoms with E-state index in [1.807, 2.05) is 0 Å². The average Bonchev–Trinajstić information content (AvgIpc) is 2.35. The molecule has 0 spiro atoms. The molecular formula is C12H9ClFN3O. The second-order valence-corrected chi connectivity index (χ2v) is 3.98. The van der Waals surface area contributed by atoms with Crippen LogP contribution in [0.2, 0.25) is 5.02 Å². The van der Waals surface area contributed by atoms with E-state index in [1.54, 1.807) is 13.0 Å². The van der Waals surface area contributed by atoms with E-state index in [0.717, 1.165) is 12.3 Å². The minimum atomic E-state index is -0.570. The Kier molecular flexibility index (Phi) is 3.53. The van der Waals surface area contributed by atoms with Crippen molar-refractivity contribution in [1.82, 2.24) is 9.97 Å². The fourth-order valence-corrected chi connectivity index (χ4v) is 1.53. The fraction of sp³-hybridized carbons (Fsp3) is 0.0833. The number of hydrogen-bond donors (Lipinski definition) is 1. The van der Waals surface area contributed by atoms with Crippen LogP contribution in [0, 0.1) is 12.7 Å². The van der Waals surface area contributed by atoms with Crippen molar-refractivity contribution in [3.63, 3.8) is 0 Å². The highest BCUT2D eigenvalue weighted by molar-refractivity contribution is 6.34. The lowest BCUT2D eigenvalue weighted by Crippen LogP contribution is -2.13. The molecule has 0 saturated carbocycles. The first-order valence-electron chi connectivity index (χ1n) is 5.11. The first-order valence-corrected chi connectivity index (χ1v) is 5.48. The molecule has 1 N–H and O–H groups in total. The number of carbonyl (C=O) groups is 1. The van der Waals surface area contributed by atoms with Gasteiger partial charge >= 0.3 is 0 Å². The summed E-state index contributed by atoms with van der Waals surface area (Å²) in [6.07, 6.45) is 3.83. The van der Waals surface area contributed by atoms with Crippen LogP contribution in [0.1, 0.15) is 16.1 Å².